The average molecular weight is 267 g/mol. The smallest absolute Gasteiger partial charge is 0.135 e. The summed E-state index contributed by atoms with van der Waals surface area (Å²) in [5.41, 5.74) is 0. The van der Waals surface area contributed by atoms with Crippen molar-refractivity contribution in [1.82, 2.24) is 14.9 Å². The summed E-state index contributed by atoms with van der Waals surface area (Å²) in [6, 6.07) is 2.45. The summed E-state index contributed by atoms with van der Waals surface area (Å²) in [5.74, 6) is 2.48. The Labute approximate surface area is 113 Å². The molecule has 0 radical (unpaired) electrons. The van der Waals surface area contributed by atoms with Gasteiger partial charge in [-0.15, -0.1) is 0 Å². The number of piperazine rings is 1. The van der Waals surface area contributed by atoms with Gasteiger partial charge in [0.05, 0.1) is 0 Å². The van der Waals surface area contributed by atoms with Gasteiger partial charge in [-0.2, -0.15) is 0 Å². The Morgan fingerprint density at radius 1 is 1.28 bits per heavy atom. The molecule has 0 spiro atoms. The van der Waals surface area contributed by atoms with E-state index in [4.69, 9.17) is 16.6 Å². The summed E-state index contributed by atoms with van der Waals surface area (Å²) in [5, 5.41) is 0.577. The van der Waals surface area contributed by atoms with E-state index >= 15 is 0 Å². The van der Waals surface area contributed by atoms with Crippen LogP contribution in [0.5, 0.6) is 0 Å². The second-order valence-corrected chi connectivity index (χ2v) is 5.84. The van der Waals surface area contributed by atoms with Gasteiger partial charge in [0.1, 0.15) is 16.8 Å². The first kappa shape index (κ1) is 12.2. The molecule has 1 aliphatic carbocycles. The molecule has 0 amide bonds. The van der Waals surface area contributed by atoms with Crippen molar-refractivity contribution in [1.29, 1.82) is 0 Å². The summed E-state index contributed by atoms with van der Waals surface area (Å²) >= 11 is 6.12. The van der Waals surface area contributed by atoms with Crippen LogP contribution in [0.3, 0.4) is 0 Å². The highest BCUT2D eigenvalue weighted by Crippen LogP contribution is 2.39. The minimum absolute atomic E-state index is 0.548. The van der Waals surface area contributed by atoms with Crippen molar-refractivity contribution < 1.29 is 0 Å². The lowest BCUT2D eigenvalue weighted by Gasteiger charge is -2.38. The Morgan fingerprint density at radius 3 is 2.72 bits per heavy atom. The second-order valence-electron chi connectivity index (χ2n) is 5.46. The molecular formula is C13H19ClN4. The molecule has 1 unspecified atom stereocenters. The van der Waals surface area contributed by atoms with Crippen LogP contribution in [0.25, 0.3) is 0 Å². The molecule has 18 heavy (non-hydrogen) atoms. The number of hydrogen-bond acceptors (Lipinski definition) is 4. The van der Waals surface area contributed by atoms with Crippen molar-refractivity contribution >= 4 is 17.4 Å². The summed E-state index contributed by atoms with van der Waals surface area (Å²) in [6.45, 7) is 5.34. The Morgan fingerprint density at radius 2 is 2.06 bits per heavy atom. The first-order chi connectivity index (χ1) is 8.63. The van der Waals surface area contributed by atoms with E-state index in [9.17, 15) is 0 Å². The SMILES string of the molecule is CC1CN(c2cc(Cl)nc(C3CC3)n2)CCN1C. The lowest BCUT2D eigenvalue weighted by Crippen LogP contribution is -2.50. The minimum Gasteiger partial charge on any atom is -0.354 e. The topological polar surface area (TPSA) is 32.3 Å². The van der Waals surface area contributed by atoms with Gasteiger partial charge in [-0.1, -0.05) is 11.6 Å². The normalized spacial score (nSPS) is 25.5. The van der Waals surface area contributed by atoms with Crippen LogP contribution in [-0.2, 0) is 0 Å². The molecule has 2 aliphatic rings. The van der Waals surface area contributed by atoms with Crippen LogP contribution in [-0.4, -0.2) is 47.6 Å². The van der Waals surface area contributed by atoms with Gasteiger partial charge in [-0.05, 0) is 26.8 Å². The van der Waals surface area contributed by atoms with Gasteiger partial charge in [0, 0.05) is 37.7 Å². The average Bonchev–Trinajstić information content (AvgIpc) is 3.16. The Balaban J connectivity index is 1.82. The molecule has 4 nitrogen and oxygen atoms in total. The fourth-order valence-corrected chi connectivity index (χ4v) is 2.55. The van der Waals surface area contributed by atoms with Crippen LogP contribution in [0.15, 0.2) is 6.07 Å². The van der Waals surface area contributed by atoms with Gasteiger partial charge in [0.2, 0.25) is 0 Å². The summed E-state index contributed by atoms with van der Waals surface area (Å²) in [7, 11) is 2.17. The van der Waals surface area contributed by atoms with E-state index in [0.717, 1.165) is 31.3 Å². The van der Waals surface area contributed by atoms with Crippen molar-refractivity contribution in [2.75, 3.05) is 31.6 Å². The molecular weight excluding hydrogens is 248 g/mol. The largest absolute Gasteiger partial charge is 0.354 e. The van der Waals surface area contributed by atoms with Gasteiger partial charge in [0.15, 0.2) is 0 Å². The van der Waals surface area contributed by atoms with Crippen molar-refractivity contribution in [3.8, 4) is 0 Å². The van der Waals surface area contributed by atoms with Gasteiger partial charge in [-0.25, -0.2) is 9.97 Å². The van der Waals surface area contributed by atoms with E-state index in [1.807, 2.05) is 6.07 Å². The molecule has 1 saturated carbocycles. The number of likely N-dealkylation sites (N-methyl/N-ethyl adjacent to an activating group) is 1. The fourth-order valence-electron chi connectivity index (χ4n) is 2.37. The number of halogens is 1. The van der Waals surface area contributed by atoms with Gasteiger partial charge >= 0.3 is 0 Å². The predicted molar refractivity (Wildman–Crippen MR) is 73.3 cm³/mol. The zero-order chi connectivity index (χ0) is 12.7. The molecule has 5 heteroatoms. The van der Waals surface area contributed by atoms with Crippen LogP contribution in [0.4, 0.5) is 5.82 Å². The third-order valence-electron chi connectivity index (χ3n) is 3.92. The van der Waals surface area contributed by atoms with Crippen molar-refractivity contribution in [3.05, 3.63) is 17.0 Å². The predicted octanol–water partition coefficient (Wildman–Crippen LogP) is 2.15. The third-order valence-corrected chi connectivity index (χ3v) is 4.12. The van der Waals surface area contributed by atoms with Gasteiger partial charge in [0.25, 0.3) is 0 Å². The Hall–Kier alpha value is -0.870. The van der Waals surface area contributed by atoms with E-state index in [1.165, 1.54) is 12.8 Å². The maximum atomic E-state index is 6.12. The lowest BCUT2D eigenvalue weighted by atomic mass is 10.2. The van der Waals surface area contributed by atoms with Crippen LogP contribution < -0.4 is 4.90 Å². The van der Waals surface area contributed by atoms with E-state index in [0.29, 0.717) is 17.1 Å². The van der Waals surface area contributed by atoms with Crippen molar-refractivity contribution in [2.24, 2.45) is 0 Å². The highest BCUT2D eigenvalue weighted by atomic mass is 35.5. The second kappa shape index (κ2) is 4.67. The van der Waals surface area contributed by atoms with E-state index in [2.05, 4.69) is 28.8 Å². The molecule has 2 heterocycles. The minimum atomic E-state index is 0.548. The number of aromatic nitrogens is 2. The lowest BCUT2D eigenvalue weighted by molar-refractivity contribution is 0.233. The highest BCUT2D eigenvalue weighted by Gasteiger charge is 2.29. The zero-order valence-electron chi connectivity index (χ0n) is 10.9. The maximum Gasteiger partial charge on any atom is 0.135 e. The molecule has 1 aromatic rings. The molecule has 1 aromatic heterocycles. The summed E-state index contributed by atoms with van der Waals surface area (Å²) in [4.78, 5) is 13.7. The molecule has 3 rings (SSSR count). The standard InChI is InChI=1S/C13H19ClN4/c1-9-8-18(6-5-17(9)2)12-7-11(14)15-13(16-12)10-3-4-10/h7,9-10H,3-6,8H2,1-2H3. The quantitative estimate of drug-likeness (QED) is 0.768. The Kier molecular flexibility index (Phi) is 3.16. The van der Waals surface area contributed by atoms with Crippen molar-refractivity contribution in [3.63, 3.8) is 0 Å². The van der Waals surface area contributed by atoms with Crippen LogP contribution in [0, 0.1) is 0 Å². The summed E-state index contributed by atoms with van der Waals surface area (Å²) in [6.07, 6.45) is 2.41. The number of nitrogens with zero attached hydrogens (tertiary/aromatic N) is 4. The molecule has 1 saturated heterocycles. The number of hydrogen-bond donors (Lipinski definition) is 0. The van der Waals surface area contributed by atoms with Gasteiger partial charge in [-0.3, -0.25) is 0 Å². The van der Waals surface area contributed by atoms with Crippen LogP contribution in [0.1, 0.15) is 31.5 Å². The van der Waals surface area contributed by atoms with E-state index in [-0.39, 0.29) is 0 Å². The number of rotatable bonds is 2. The Bertz CT molecular complexity index is 447. The van der Waals surface area contributed by atoms with Crippen LogP contribution >= 0.6 is 11.6 Å². The first-order valence-corrected chi connectivity index (χ1v) is 7.01. The first-order valence-electron chi connectivity index (χ1n) is 6.63. The molecule has 2 fully saturated rings. The monoisotopic (exact) mass is 266 g/mol. The zero-order valence-corrected chi connectivity index (χ0v) is 11.7. The number of anilines is 1. The summed E-state index contributed by atoms with van der Waals surface area (Å²) < 4.78 is 0. The molecule has 0 N–H and O–H groups in total. The van der Waals surface area contributed by atoms with Crippen LogP contribution in [0.2, 0.25) is 5.15 Å². The van der Waals surface area contributed by atoms with E-state index < -0.39 is 0 Å². The molecule has 0 aromatic carbocycles. The van der Waals surface area contributed by atoms with Crippen molar-refractivity contribution in [2.45, 2.75) is 31.7 Å². The highest BCUT2D eigenvalue weighted by molar-refractivity contribution is 6.29. The molecule has 98 valence electrons. The maximum absolute atomic E-state index is 6.12. The fraction of sp³-hybridized carbons (Fsp3) is 0.692. The van der Waals surface area contributed by atoms with E-state index in [1.54, 1.807) is 0 Å². The molecule has 1 aliphatic heterocycles. The molecule has 1 atom stereocenters. The molecule has 0 bridgehead atoms. The van der Waals surface area contributed by atoms with Gasteiger partial charge < -0.3 is 9.80 Å². The third kappa shape index (κ3) is 2.45.